The van der Waals surface area contributed by atoms with Crippen LogP contribution in [0.25, 0.3) is 11.4 Å². The number of rotatable bonds is 4. The number of aromatic amines is 1. The quantitative estimate of drug-likeness (QED) is 0.605. The standard InChI is InChI=1S/C15H10BrClFN3S/c16-11-4-1-9(2-5-11)14-19-15(21-20-14)22-8-10-3-6-12(18)7-13(10)17/h1-7H,8H2,(H,19,20,21). The van der Waals surface area contributed by atoms with Gasteiger partial charge in [-0.15, -0.1) is 5.10 Å². The molecule has 3 aromatic rings. The van der Waals surface area contributed by atoms with Gasteiger partial charge in [0.15, 0.2) is 5.82 Å². The van der Waals surface area contributed by atoms with Gasteiger partial charge in [0.25, 0.3) is 0 Å². The minimum absolute atomic E-state index is 0.339. The zero-order valence-corrected chi connectivity index (χ0v) is 14.3. The molecule has 3 nitrogen and oxygen atoms in total. The maximum Gasteiger partial charge on any atom is 0.209 e. The lowest BCUT2D eigenvalue weighted by Gasteiger charge is -2.01. The molecule has 22 heavy (non-hydrogen) atoms. The predicted molar refractivity (Wildman–Crippen MR) is 90.5 cm³/mol. The first-order valence-corrected chi connectivity index (χ1v) is 8.52. The van der Waals surface area contributed by atoms with Crippen LogP contribution in [0.5, 0.6) is 0 Å². The summed E-state index contributed by atoms with van der Waals surface area (Å²) >= 11 is 10.8. The van der Waals surface area contributed by atoms with E-state index in [4.69, 9.17) is 11.6 Å². The number of halogens is 3. The van der Waals surface area contributed by atoms with Gasteiger partial charge in [0.1, 0.15) is 5.82 Å². The van der Waals surface area contributed by atoms with Crippen LogP contribution < -0.4 is 0 Å². The van der Waals surface area contributed by atoms with Crippen molar-refractivity contribution in [2.24, 2.45) is 0 Å². The maximum atomic E-state index is 13.0. The molecule has 0 aliphatic carbocycles. The van der Waals surface area contributed by atoms with Crippen molar-refractivity contribution in [1.82, 2.24) is 15.2 Å². The SMILES string of the molecule is Fc1ccc(CSc2n[nH]c(-c3ccc(Br)cc3)n2)c(Cl)c1. The summed E-state index contributed by atoms with van der Waals surface area (Å²) in [5, 5.41) is 8.12. The molecule has 0 spiro atoms. The van der Waals surface area contributed by atoms with Crippen molar-refractivity contribution in [3.05, 3.63) is 63.3 Å². The number of nitrogens with zero attached hydrogens (tertiary/aromatic N) is 2. The van der Waals surface area contributed by atoms with E-state index in [9.17, 15) is 4.39 Å². The average Bonchev–Trinajstić information content (AvgIpc) is 2.96. The lowest BCUT2D eigenvalue weighted by Crippen LogP contribution is -1.85. The third-order valence-corrected chi connectivity index (χ3v) is 4.73. The van der Waals surface area contributed by atoms with E-state index in [0.717, 1.165) is 15.6 Å². The van der Waals surface area contributed by atoms with Crippen molar-refractivity contribution >= 4 is 39.3 Å². The van der Waals surface area contributed by atoms with Crippen LogP contribution in [0.3, 0.4) is 0 Å². The largest absolute Gasteiger partial charge is 0.258 e. The average molecular weight is 399 g/mol. The third kappa shape index (κ3) is 3.69. The van der Waals surface area contributed by atoms with Crippen LogP contribution >= 0.6 is 39.3 Å². The number of aromatic nitrogens is 3. The van der Waals surface area contributed by atoms with Crippen molar-refractivity contribution < 1.29 is 4.39 Å². The van der Waals surface area contributed by atoms with Gasteiger partial charge >= 0.3 is 0 Å². The van der Waals surface area contributed by atoms with Gasteiger partial charge in [0.2, 0.25) is 5.16 Å². The highest BCUT2D eigenvalue weighted by atomic mass is 79.9. The summed E-state index contributed by atoms with van der Waals surface area (Å²) in [7, 11) is 0. The lowest BCUT2D eigenvalue weighted by atomic mass is 10.2. The van der Waals surface area contributed by atoms with Crippen LogP contribution in [0.1, 0.15) is 5.56 Å². The number of benzene rings is 2. The molecule has 0 saturated carbocycles. The molecule has 1 heterocycles. The molecule has 0 radical (unpaired) electrons. The zero-order chi connectivity index (χ0) is 15.5. The van der Waals surface area contributed by atoms with E-state index in [1.165, 1.54) is 23.9 Å². The molecule has 7 heteroatoms. The van der Waals surface area contributed by atoms with Crippen LogP contribution in [-0.4, -0.2) is 15.2 Å². The van der Waals surface area contributed by atoms with Gasteiger partial charge in [-0.3, -0.25) is 5.10 Å². The second-order valence-corrected chi connectivity index (χ2v) is 6.76. The number of thioether (sulfide) groups is 1. The van der Waals surface area contributed by atoms with Crippen molar-refractivity contribution in [2.75, 3.05) is 0 Å². The molecule has 0 atom stereocenters. The van der Waals surface area contributed by atoms with Gasteiger partial charge in [-0.25, -0.2) is 9.37 Å². The van der Waals surface area contributed by atoms with Gasteiger partial charge < -0.3 is 0 Å². The molecule has 0 aliphatic heterocycles. The summed E-state index contributed by atoms with van der Waals surface area (Å²) in [6, 6.07) is 12.2. The van der Waals surface area contributed by atoms with Crippen LogP contribution in [0.2, 0.25) is 5.02 Å². The first kappa shape index (κ1) is 15.5. The minimum atomic E-state index is -0.339. The van der Waals surface area contributed by atoms with E-state index in [2.05, 4.69) is 31.1 Å². The molecule has 112 valence electrons. The monoisotopic (exact) mass is 397 g/mol. The summed E-state index contributed by atoms with van der Waals surface area (Å²) in [6.45, 7) is 0. The Morgan fingerprint density at radius 2 is 1.95 bits per heavy atom. The molecule has 0 aliphatic rings. The highest BCUT2D eigenvalue weighted by Crippen LogP contribution is 2.26. The van der Waals surface area contributed by atoms with E-state index in [0.29, 0.717) is 21.8 Å². The van der Waals surface area contributed by atoms with Crippen molar-refractivity contribution in [3.63, 3.8) is 0 Å². The van der Waals surface area contributed by atoms with E-state index in [-0.39, 0.29) is 5.82 Å². The smallest absolute Gasteiger partial charge is 0.209 e. The van der Waals surface area contributed by atoms with Gasteiger partial charge in [-0.2, -0.15) is 0 Å². The molecule has 1 N–H and O–H groups in total. The predicted octanol–water partition coefficient (Wildman–Crippen LogP) is 5.32. The minimum Gasteiger partial charge on any atom is -0.258 e. The summed E-state index contributed by atoms with van der Waals surface area (Å²) in [6.07, 6.45) is 0. The van der Waals surface area contributed by atoms with Gasteiger partial charge in [0.05, 0.1) is 0 Å². The number of hydrogen-bond acceptors (Lipinski definition) is 3. The van der Waals surface area contributed by atoms with E-state index in [1.54, 1.807) is 6.07 Å². The van der Waals surface area contributed by atoms with Crippen LogP contribution in [0, 0.1) is 5.82 Å². The zero-order valence-electron chi connectivity index (χ0n) is 11.2. The number of hydrogen-bond donors (Lipinski definition) is 1. The first-order valence-electron chi connectivity index (χ1n) is 6.37. The highest BCUT2D eigenvalue weighted by molar-refractivity contribution is 9.10. The Kier molecular flexibility index (Phi) is 4.81. The fourth-order valence-electron chi connectivity index (χ4n) is 1.83. The molecule has 2 aromatic carbocycles. The van der Waals surface area contributed by atoms with Crippen LogP contribution in [0.4, 0.5) is 4.39 Å². The van der Waals surface area contributed by atoms with Crippen molar-refractivity contribution in [1.29, 1.82) is 0 Å². The Morgan fingerprint density at radius 3 is 2.68 bits per heavy atom. The van der Waals surface area contributed by atoms with E-state index in [1.807, 2.05) is 24.3 Å². The number of H-pyrrole nitrogens is 1. The van der Waals surface area contributed by atoms with Crippen molar-refractivity contribution in [2.45, 2.75) is 10.9 Å². The first-order chi connectivity index (χ1) is 10.6. The lowest BCUT2D eigenvalue weighted by molar-refractivity contribution is 0.627. The summed E-state index contributed by atoms with van der Waals surface area (Å²) in [4.78, 5) is 4.44. The Balaban J connectivity index is 1.70. The van der Waals surface area contributed by atoms with Crippen molar-refractivity contribution in [3.8, 4) is 11.4 Å². The Hall–Kier alpha value is -1.37. The van der Waals surface area contributed by atoms with E-state index < -0.39 is 0 Å². The number of nitrogens with one attached hydrogen (secondary N) is 1. The van der Waals surface area contributed by atoms with Gasteiger partial charge in [-0.05, 0) is 29.8 Å². The summed E-state index contributed by atoms with van der Waals surface area (Å²) < 4.78 is 14.0. The summed E-state index contributed by atoms with van der Waals surface area (Å²) in [5.74, 6) is 0.950. The molecule has 3 rings (SSSR count). The Bertz CT molecular complexity index is 792. The van der Waals surface area contributed by atoms with Crippen LogP contribution in [-0.2, 0) is 5.75 Å². The normalized spacial score (nSPS) is 10.9. The molecule has 0 fully saturated rings. The topological polar surface area (TPSA) is 41.6 Å². The fourth-order valence-corrected chi connectivity index (χ4v) is 3.21. The third-order valence-electron chi connectivity index (χ3n) is 2.95. The van der Waals surface area contributed by atoms with Gasteiger partial charge in [-0.1, -0.05) is 57.5 Å². The fraction of sp³-hybridized carbons (Fsp3) is 0.0667. The molecular formula is C15H10BrClFN3S. The Morgan fingerprint density at radius 1 is 1.18 bits per heavy atom. The summed E-state index contributed by atoms with van der Waals surface area (Å²) in [5.41, 5.74) is 1.81. The molecule has 0 unspecified atom stereocenters. The van der Waals surface area contributed by atoms with E-state index >= 15 is 0 Å². The molecule has 0 amide bonds. The Labute approximate surface area is 144 Å². The second-order valence-electron chi connectivity index (χ2n) is 4.50. The second kappa shape index (κ2) is 6.81. The highest BCUT2D eigenvalue weighted by Gasteiger charge is 2.08. The molecule has 1 aromatic heterocycles. The molecule has 0 saturated heterocycles. The molecular weight excluding hydrogens is 389 g/mol. The maximum absolute atomic E-state index is 13.0. The van der Waals surface area contributed by atoms with Gasteiger partial charge in [0, 0.05) is 20.8 Å². The van der Waals surface area contributed by atoms with Crippen LogP contribution in [0.15, 0.2) is 52.1 Å². The molecule has 0 bridgehead atoms.